The molecule has 22 heavy (non-hydrogen) atoms. The van der Waals surface area contributed by atoms with E-state index < -0.39 is 0 Å². The van der Waals surface area contributed by atoms with Gasteiger partial charge in [0.1, 0.15) is 11.4 Å². The van der Waals surface area contributed by atoms with Crippen LogP contribution in [0.3, 0.4) is 0 Å². The molecule has 3 rings (SSSR count). The topological polar surface area (TPSA) is 50.8 Å². The molecule has 0 bridgehead atoms. The zero-order valence-electron chi connectivity index (χ0n) is 11.8. The summed E-state index contributed by atoms with van der Waals surface area (Å²) in [5, 5.41) is 13.5. The summed E-state index contributed by atoms with van der Waals surface area (Å²) in [6.07, 6.45) is 1.91. The van der Waals surface area contributed by atoms with Crippen LogP contribution in [-0.4, -0.2) is 16.9 Å². The average molecular weight is 354 g/mol. The van der Waals surface area contributed by atoms with Crippen LogP contribution in [0.5, 0.6) is 5.75 Å². The van der Waals surface area contributed by atoms with E-state index in [1.807, 2.05) is 42.6 Å². The molecule has 4 nitrogen and oxygen atoms in total. The van der Waals surface area contributed by atoms with Crippen molar-refractivity contribution in [3.05, 3.63) is 64.8 Å². The summed E-state index contributed by atoms with van der Waals surface area (Å²) in [6, 6.07) is 17.2. The third-order valence-corrected chi connectivity index (χ3v) is 3.87. The highest BCUT2D eigenvalue weighted by Gasteiger charge is 2.10. The van der Waals surface area contributed by atoms with Gasteiger partial charge in [0.2, 0.25) is 0 Å². The number of rotatable bonds is 3. The molecule has 1 heterocycles. The Hall–Kier alpha value is -2.58. The van der Waals surface area contributed by atoms with Crippen molar-refractivity contribution in [2.45, 2.75) is 0 Å². The van der Waals surface area contributed by atoms with Crippen LogP contribution in [0.25, 0.3) is 16.9 Å². The third kappa shape index (κ3) is 2.74. The number of methoxy groups -OCH3 is 1. The van der Waals surface area contributed by atoms with E-state index in [-0.39, 0.29) is 0 Å². The Morgan fingerprint density at radius 1 is 1.09 bits per heavy atom. The number of nitrogens with zero attached hydrogens (tertiary/aromatic N) is 3. The predicted octanol–water partition coefficient (Wildman–Crippen LogP) is 4.18. The van der Waals surface area contributed by atoms with E-state index in [0.717, 1.165) is 27.2 Å². The summed E-state index contributed by atoms with van der Waals surface area (Å²) in [5.74, 6) is 0.808. The van der Waals surface area contributed by atoms with Crippen LogP contribution >= 0.6 is 15.9 Å². The Morgan fingerprint density at radius 2 is 1.77 bits per heavy atom. The minimum atomic E-state index is 0.634. The first kappa shape index (κ1) is 14.4. The number of aromatic nitrogens is 2. The lowest BCUT2D eigenvalue weighted by atomic mass is 10.1. The molecule has 5 heteroatoms. The van der Waals surface area contributed by atoms with Crippen molar-refractivity contribution in [2.75, 3.05) is 7.11 Å². The van der Waals surface area contributed by atoms with Gasteiger partial charge in [-0.1, -0.05) is 12.1 Å². The molecule has 0 amide bonds. The Morgan fingerprint density at radius 3 is 2.36 bits per heavy atom. The van der Waals surface area contributed by atoms with E-state index in [9.17, 15) is 0 Å². The fourth-order valence-corrected chi connectivity index (χ4v) is 2.62. The average Bonchev–Trinajstić information content (AvgIpc) is 2.97. The SMILES string of the molecule is COc1ccc(-n2cc(Br)c(-c3ccc(C#N)cc3)n2)cc1. The van der Waals surface area contributed by atoms with Crippen molar-refractivity contribution in [1.82, 2.24) is 9.78 Å². The van der Waals surface area contributed by atoms with E-state index in [4.69, 9.17) is 10.00 Å². The monoisotopic (exact) mass is 353 g/mol. The first-order valence-electron chi connectivity index (χ1n) is 6.61. The minimum Gasteiger partial charge on any atom is -0.497 e. The largest absolute Gasteiger partial charge is 0.497 e. The summed E-state index contributed by atoms with van der Waals surface area (Å²) in [6.45, 7) is 0. The fourth-order valence-electron chi connectivity index (χ4n) is 2.12. The van der Waals surface area contributed by atoms with Gasteiger partial charge in [0.25, 0.3) is 0 Å². The van der Waals surface area contributed by atoms with E-state index in [2.05, 4.69) is 27.1 Å². The van der Waals surface area contributed by atoms with Crippen molar-refractivity contribution >= 4 is 15.9 Å². The van der Waals surface area contributed by atoms with E-state index >= 15 is 0 Å². The van der Waals surface area contributed by atoms with Crippen LogP contribution < -0.4 is 4.74 Å². The molecule has 1 aromatic heterocycles. The number of benzene rings is 2. The maximum Gasteiger partial charge on any atom is 0.119 e. The van der Waals surface area contributed by atoms with Crippen LogP contribution in [-0.2, 0) is 0 Å². The van der Waals surface area contributed by atoms with Crippen molar-refractivity contribution in [2.24, 2.45) is 0 Å². The van der Waals surface area contributed by atoms with Gasteiger partial charge >= 0.3 is 0 Å². The number of hydrogen-bond acceptors (Lipinski definition) is 3. The number of halogens is 1. The van der Waals surface area contributed by atoms with Gasteiger partial charge < -0.3 is 4.74 Å². The van der Waals surface area contributed by atoms with Crippen LogP contribution in [0, 0.1) is 11.3 Å². The highest BCUT2D eigenvalue weighted by molar-refractivity contribution is 9.10. The van der Waals surface area contributed by atoms with Crippen molar-refractivity contribution < 1.29 is 4.74 Å². The molecular formula is C17H12BrN3O. The Kier molecular flexibility index (Phi) is 3.94. The number of nitriles is 1. The molecule has 0 unspecified atom stereocenters. The van der Waals surface area contributed by atoms with Gasteiger partial charge in [0.05, 0.1) is 28.9 Å². The number of ether oxygens (including phenoxy) is 1. The molecular weight excluding hydrogens is 342 g/mol. The van der Waals surface area contributed by atoms with E-state index in [1.165, 1.54) is 0 Å². The molecule has 0 aliphatic carbocycles. The number of hydrogen-bond donors (Lipinski definition) is 0. The third-order valence-electron chi connectivity index (χ3n) is 3.29. The minimum absolute atomic E-state index is 0.634. The fraction of sp³-hybridized carbons (Fsp3) is 0.0588. The molecule has 0 aliphatic rings. The lowest BCUT2D eigenvalue weighted by Crippen LogP contribution is -1.95. The highest BCUT2D eigenvalue weighted by atomic mass is 79.9. The second-order valence-corrected chi connectivity index (χ2v) is 5.51. The zero-order chi connectivity index (χ0) is 15.5. The van der Waals surface area contributed by atoms with Crippen LogP contribution in [0.15, 0.2) is 59.2 Å². The van der Waals surface area contributed by atoms with Crippen molar-refractivity contribution in [1.29, 1.82) is 5.26 Å². The highest BCUT2D eigenvalue weighted by Crippen LogP contribution is 2.28. The normalized spacial score (nSPS) is 10.2. The standard InChI is InChI=1S/C17H12BrN3O/c1-22-15-8-6-14(7-9-15)21-11-16(18)17(20-21)13-4-2-12(10-19)3-5-13/h2-9,11H,1H3. The Balaban J connectivity index is 1.97. The van der Waals surface area contributed by atoms with Gasteiger partial charge in [-0.25, -0.2) is 4.68 Å². The molecule has 0 radical (unpaired) electrons. The maximum atomic E-state index is 8.86. The summed E-state index contributed by atoms with van der Waals surface area (Å²) in [7, 11) is 1.64. The first-order valence-corrected chi connectivity index (χ1v) is 7.40. The molecule has 0 spiro atoms. The molecule has 2 aromatic carbocycles. The van der Waals surface area contributed by atoms with Gasteiger partial charge in [-0.15, -0.1) is 0 Å². The predicted molar refractivity (Wildman–Crippen MR) is 88.0 cm³/mol. The summed E-state index contributed by atoms with van der Waals surface area (Å²) >= 11 is 3.54. The lowest BCUT2D eigenvalue weighted by Gasteiger charge is -2.03. The van der Waals surface area contributed by atoms with Gasteiger partial charge in [-0.05, 0) is 52.3 Å². The van der Waals surface area contributed by atoms with Gasteiger partial charge in [0, 0.05) is 11.8 Å². The van der Waals surface area contributed by atoms with E-state index in [0.29, 0.717) is 5.56 Å². The Bertz CT molecular complexity index is 830. The summed E-state index contributed by atoms with van der Waals surface area (Å²) in [4.78, 5) is 0. The van der Waals surface area contributed by atoms with Gasteiger partial charge in [-0.3, -0.25) is 0 Å². The van der Waals surface area contributed by atoms with Crippen LogP contribution in [0.2, 0.25) is 0 Å². The first-order chi connectivity index (χ1) is 10.7. The molecule has 0 N–H and O–H groups in total. The molecule has 0 fully saturated rings. The molecule has 108 valence electrons. The van der Waals surface area contributed by atoms with Crippen LogP contribution in [0.4, 0.5) is 0 Å². The second kappa shape index (κ2) is 6.04. The quantitative estimate of drug-likeness (QED) is 0.709. The molecule has 3 aromatic rings. The molecule has 0 saturated carbocycles. The molecule has 0 aliphatic heterocycles. The van der Waals surface area contributed by atoms with Crippen LogP contribution in [0.1, 0.15) is 5.56 Å². The van der Waals surface area contributed by atoms with Crippen molar-refractivity contribution in [3.8, 4) is 28.8 Å². The van der Waals surface area contributed by atoms with Crippen molar-refractivity contribution in [3.63, 3.8) is 0 Å². The maximum absolute atomic E-state index is 8.86. The lowest BCUT2D eigenvalue weighted by molar-refractivity contribution is 0.414. The molecule has 0 saturated heterocycles. The van der Waals surface area contributed by atoms with Gasteiger partial charge in [-0.2, -0.15) is 10.4 Å². The second-order valence-electron chi connectivity index (χ2n) is 4.66. The molecule has 0 atom stereocenters. The van der Waals surface area contributed by atoms with E-state index in [1.54, 1.807) is 23.9 Å². The smallest absolute Gasteiger partial charge is 0.119 e. The van der Waals surface area contributed by atoms with Gasteiger partial charge in [0.15, 0.2) is 0 Å². The summed E-state index contributed by atoms with van der Waals surface area (Å²) < 4.78 is 7.86. The Labute approximate surface area is 136 Å². The summed E-state index contributed by atoms with van der Waals surface area (Å²) in [5.41, 5.74) is 3.37. The zero-order valence-corrected chi connectivity index (χ0v) is 13.4.